The summed E-state index contributed by atoms with van der Waals surface area (Å²) in [5, 5.41) is 1.27. The van der Waals surface area contributed by atoms with Crippen LogP contribution < -0.4 is 4.98 Å². The van der Waals surface area contributed by atoms with Gasteiger partial charge in [-0.25, -0.2) is 4.98 Å². The summed E-state index contributed by atoms with van der Waals surface area (Å²) in [4.78, 5) is 3.65. The molecule has 2 aromatic carbocycles. The third-order valence-corrected chi connectivity index (χ3v) is 8.94. The summed E-state index contributed by atoms with van der Waals surface area (Å²) in [6, 6.07) is 24.1. The number of aryl methyl sites for hydroxylation is 1. The summed E-state index contributed by atoms with van der Waals surface area (Å²) in [6.45, 7) is 19.7. The molecule has 1 N–H and O–H groups in total. The minimum absolute atomic E-state index is 0.0609. The largest absolute Gasteiger partial charge is 0.210 e. The van der Waals surface area contributed by atoms with E-state index >= 15 is 0 Å². The van der Waals surface area contributed by atoms with Gasteiger partial charge in [0.15, 0.2) is 5.69 Å². The molecule has 0 fully saturated rings. The molecule has 0 saturated carbocycles. The Kier molecular flexibility index (Phi) is 6.38. The number of H-pyrrole nitrogens is 1. The van der Waals surface area contributed by atoms with Crippen molar-refractivity contribution in [3.8, 4) is 0 Å². The maximum atomic E-state index is 3.65. The molecular formula is C30H42N+. The van der Waals surface area contributed by atoms with Crippen molar-refractivity contribution in [2.45, 2.75) is 80.1 Å². The van der Waals surface area contributed by atoms with Gasteiger partial charge in [0.05, 0.1) is 0 Å². The van der Waals surface area contributed by atoms with Crippen LogP contribution in [-0.4, -0.2) is 0 Å². The first-order valence-electron chi connectivity index (χ1n) is 11.9. The van der Waals surface area contributed by atoms with Crippen LogP contribution in [0.25, 0.3) is 10.9 Å². The van der Waals surface area contributed by atoms with Crippen LogP contribution in [0, 0.1) is 16.2 Å². The van der Waals surface area contributed by atoms with Gasteiger partial charge in [-0.05, 0) is 52.2 Å². The van der Waals surface area contributed by atoms with Crippen molar-refractivity contribution in [1.82, 2.24) is 0 Å². The van der Waals surface area contributed by atoms with Gasteiger partial charge in [-0.3, -0.25) is 0 Å². The number of rotatable bonds is 7. The van der Waals surface area contributed by atoms with E-state index in [-0.39, 0.29) is 21.7 Å². The van der Waals surface area contributed by atoms with Gasteiger partial charge in [-0.2, -0.15) is 0 Å². The summed E-state index contributed by atoms with van der Waals surface area (Å²) in [5.41, 5.74) is 4.50. The van der Waals surface area contributed by atoms with Crippen LogP contribution in [0.5, 0.6) is 0 Å². The number of hydrogen-bond donors (Lipinski definition) is 0. The van der Waals surface area contributed by atoms with Gasteiger partial charge in [0.25, 0.3) is 0 Å². The Balaban J connectivity index is 1.86. The maximum absolute atomic E-state index is 3.65. The highest BCUT2D eigenvalue weighted by atomic mass is 14.7. The second kappa shape index (κ2) is 8.41. The van der Waals surface area contributed by atoms with E-state index < -0.39 is 0 Å². The van der Waals surface area contributed by atoms with Crippen LogP contribution in [0.2, 0.25) is 0 Å². The molecule has 0 aliphatic rings. The van der Waals surface area contributed by atoms with E-state index in [4.69, 9.17) is 0 Å². The number of aromatic amines is 1. The normalized spacial score (nSPS) is 15.1. The monoisotopic (exact) mass is 416 g/mol. The molecular weight excluding hydrogens is 374 g/mol. The smallest absolute Gasteiger partial charge is 0.208 e. The van der Waals surface area contributed by atoms with Gasteiger partial charge < -0.3 is 0 Å². The maximum Gasteiger partial charge on any atom is 0.210 e. The van der Waals surface area contributed by atoms with Crippen LogP contribution in [0.4, 0.5) is 0 Å². The number of aromatic nitrogens is 1. The zero-order chi connectivity index (χ0) is 22.9. The summed E-state index contributed by atoms with van der Waals surface area (Å²) in [7, 11) is 0. The predicted molar refractivity (Wildman–Crippen MR) is 134 cm³/mol. The van der Waals surface area contributed by atoms with Crippen molar-refractivity contribution in [1.29, 1.82) is 0 Å². The second-order valence-electron chi connectivity index (χ2n) is 11.6. The van der Waals surface area contributed by atoms with Crippen molar-refractivity contribution in [3.05, 3.63) is 78.0 Å². The third-order valence-electron chi connectivity index (χ3n) is 8.94. The molecule has 3 rings (SSSR count). The Morgan fingerprint density at radius 2 is 1.29 bits per heavy atom. The fourth-order valence-corrected chi connectivity index (χ4v) is 5.47. The lowest BCUT2D eigenvalue weighted by Crippen LogP contribution is -2.54. The lowest BCUT2D eigenvalue weighted by atomic mass is 9.44. The molecule has 1 heterocycles. The fourth-order valence-electron chi connectivity index (χ4n) is 5.47. The van der Waals surface area contributed by atoms with E-state index in [0.717, 1.165) is 6.42 Å². The SMILES string of the molecule is CC(C)(C)C(C)(CCCc1ccc2ccccc2[nH+]1)C(C)(C)C(C)(C)c1ccccc1. The molecule has 0 saturated heterocycles. The first kappa shape index (κ1) is 23.5. The molecule has 0 amide bonds. The zero-order valence-electron chi connectivity index (χ0n) is 21.0. The van der Waals surface area contributed by atoms with Crippen molar-refractivity contribution in [2.75, 3.05) is 0 Å². The Morgan fingerprint density at radius 3 is 1.94 bits per heavy atom. The van der Waals surface area contributed by atoms with E-state index in [0.29, 0.717) is 0 Å². The van der Waals surface area contributed by atoms with E-state index in [1.54, 1.807) is 0 Å². The molecule has 1 nitrogen and oxygen atoms in total. The lowest BCUT2D eigenvalue weighted by Gasteiger charge is -2.60. The molecule has 1 heteroatoms. The highest BCUT2D eigenvalue weighted by Crippen LogP contribution is 2.61. The first-order chi connectivity index (χ1) is 14.4. The quantitative estimate of drug-likeness (QED) is 0.370. The summed E-state index contributed by atoms with van der Waals surface area (Å²) in [6.07, 6.45) is 3.45. The standard InChI is InChI=1S/C30H41N/c1-27(2,3)30(8,29(6,7)28(4,5)24-16-10-9-11-17-24)22-14-18-25-21-20-23-15-12-13-19-26(23)31-25/h9-13,15-17,19-21H,14,18,22H2,1-8H3/p+1. The molecule has 0 aliphatic heterocycles. The van der Waals surface area contributed by atoms with Crippen LogP contribution in [0.1, 0.15) is 79.5 Å². The van der Waals surface area contributed by atoms with E-state index in [2.05, 4.69) is 127 Å². The highest BCUT2D eigenvalue weighted by molar-refractivity contribution is 5.74. The average Bonchev–Trinajstić information content (AvgIpc) is 2.73. The van der Waals surface area contributed by atoms with Crippen molar-refractivity contribution in [2.24, 2.45) is 16.2 Å². The number of para-hydroxylation sites is 1. The van der Waals surface area contributed by atoms with Gasteiger partial charge in [-0.1, -0.05) is 97.9 Å². The zero-order valence-corrected chi connectivity index (χ0v) is 21.0. The van der Waals surface area contributed by atoms with Crippen molar-refractivity contribution >= 4 is 10.9 Å². The number of benzene rings is 2. The van der Waals surface area contributed by atoms with Crippen LogP contribution in [0.15, 0.2) is 66.7 Å². The molecule has 0 spiro atoms. The van der Waals surface area contributed by atoms with E-state index in [1.807, 2.05) is 0 Å². The van der Waals surface area contributed by atoms with Crippen LogP contribution in [-0.2, 0) is 11.8 Å². The molecule has 3 aromatic rings. The molecule has 0 radical (unpaired) electrons. The Morgan fingerprint density at radius 1 is 0.677 bits per heavy atom. The fraction of sp³-hybridized carbons (Fsp3) is 0.500. The molecule has 0 bridgehead atoms. The average molecular weight is 417 g/mol. The molecule has 1 aromatic heterocycles. The minimum atomic E-state index is 0.0609. The summed E-state index contributed by atoms with van der Waals surface area (Å²) >= 11 is 0. The van der Waals surface area contributed by atoms with Crippen molar-refractivity contribution < 1.29 is 4.98 Å². The van der Waals surface area contributed by atoms with Gasteiger partial charge >= 0.3 is 0 Å². The Hall–Kier alpha value is -2.15. The van der Waals surface area contributed by atoms with Crippen LogP contribution >= 0.6 is 0 Å². The predicted octanol–water partition coefficient (Wildman–Crippen LogP) is 8.03. The number of hydrogen-bond acceptors (Lipinski definition) is 0. The lowest BCUT2D eigenvalue weighted by molar-refractivity contribution is -0.357. The molecule has 166 valence electrons. The van der Waals surface area contributed by atoms with Crippen molar-refractivity contribution in [3.63, 3.8) is 0 Å². The second-order valence-corrected chi connectivity index (χ2v) is 11.6. The topological polar surface area (TPSA) is 14.1 Å². The van der Waals surface area contributed by atoms with Gasteiger partial charge in [0.2, 0.25) is 5.52 Å². The summed E-state index contributed by atoms with van der Waals surface area (Å²) < 4.78 is 0. The molecule has 31 heavy (non-hydrogen) atoms. The Labute approximate surface area is 190 Å². The van der Waals surface area contributed by atoms with E-state index in [1.165, 1.54) is 35.0 Å². The molecule has 1 unspecified atom stereocenters. The molecule has 1 atom stereocenters. The van der Waals surface area contributed by atoms with Gasteiger partial charge in [0, 0.05) is 23.9 Å². The van der Waals surface area contributed by atoms with Crippen LogP contribution in [0.3, 0.4) is 0 Å². The highest BCUT2D eigenvalue weighted by Gasteiger charge is 2.55. The number of pyridine rings is 1. The Bertz CT molecular complexity index is 1010. The minimum Gasteiger partial charge on any atom is -0.208 e. The number of fused-ring (bicyclic) bond motifs is 1. The van der Waals surface area contributed by atoms with Gasteiger partial charge in [0.1, 0.15) is 0 Å². The summed E-state index contributed by atoms with van der Waals surface area (Å²) in [5.74, 6) is 0. The van der Waals surface area contributed by atoms with Gasteiger partial charge in [-0.15, -0.1) is 0 Å². The van der Waals surface area contributed by atoms with E-state index in [9.17, 15) is 0 Å². The number of nitrogens with one attached hydrogen (secondary N) is 1. The third kappa shape index (κ3) is 4.29. The molecule has 0 aliphatic carbocycles. The first-order valence-corrected chi connectivity index (χ1v) is 11.9.